The summed E-state index contributed by atoms with van der Waals surface area (Å²) >= 11 is 0. The van der Waals surface area contributed by atoms with E-state index in [-0.39, 0.29) is 0 Å². The predicted octanol–water partition coefficient (Wildman–Crippen LogP) is 4.29. The van der Waals surface area contributed by atoms with E-state index in [2.05, 4.69) is 5.11 Å². The Morgan fingerprint density at radius 1 is 0.789 bits per heavy atom. The number of benzene rings is 2. The van der Waals surface area contributed by atoms with Gasteiger partial charge >= 0.3 is 0 Å². The highest BCUT2D eigenvalue weighted by molar-refractivity contribution is 5.48. The Morgan fingerprint density at radius 2 is 1.32 bits per heavy atom. The van der Waals surface area contributed by atoms with Crippen molar-refractivity contribution >= 4 is 12.2 Å². The van der Waals surface area contributed by atoms with Crippen LogP contribution in [0.1, 0.15) is 11.1 Å². The van der Waals surface area contributed by atoms with Gasteiger partial charge in [-0.3, -0.25) is 0 Å². The molecule has 0 amide bonds. The van der Waals surface area contributed by atoms with Gasteiger partial charge in [0.05, 0.1) is 6.20 Å². The molecule has 0 bridgehead atoms. The average Bonchev–Trinajstić information content (AvgIpc) is 2.47. The summed E-state index contributed by atoms with van der Waals surface area (Å²) in [6.07, 6.45) is 6.36. The molecule has 3 nitrogen and oxygen atoms in total. The van der Waals surface area contributed by atoms with Crippen LogP contribution in [-0.2, 0) is 0 Å². The molecule has 2 aromatic carbocycles. The summed E-state index contributed by atoms with van der Waals surface area (Å²) < 4.78 is 0. The molecule has 0 spiro atoms. The summed E-state index contributed by atoms with van der Waals surface area (Å²) in [5, 5.41) is 15.2. The fraction of sp³-hybridized carbons (Fsp3) is 0. The van der Waals surface area contributed by atoms with E-state index in [0.29, 0.717) is 4.86 Å². The smallest absolute Gasteiger partial charge is 0.210 e. The molecular formula is C16H14N2O. The van der Waals surface area contributed by atoms with E-state index in [1.165, 1.54) is 12.4 Å². The van der Waals surface area contributed by atoms with E-state index in [0.717, 1.165) is 11.1 Å². The Morgan fingerprint density at radius 3 is 1.89 bits per heavy atom. The molecule has 0 saturated carbocycles. The molecule has 94 valence electrons. The van der Waals surface area contributed by atoms with Crippen molar-refractivity contribution in [2.45, 2.75) is 0 Å². The number of hydrogen-bond donors (Lipinski definition) is 0. The molecule has 2 rings (SSSR count). The normalized spacial score (nSPS) is 12.3. The number of hydroxylamine groups is 1. The highest BCUT2D eigenvalue weighted by Gasteiger charge is 1.88. The maximum Gasteiger partial charge on any atom is 0.210 e. The van der Waals surface area contributed by atoms with Crippen molar-refractivity contribution in [1.29, 1.82) is 0 Å². The topological polar surface area (TPSA) is 38.4 Å². The van der Waals surface area contributed by atoms with Crippen LogP contribution in [0.4, 0.5) is 0 Å². The summed E-state index contributed by atoms with van der Waals surface area (Å²) in [6, 6.07) is 19.3. The molecule has 0 saturated heterocycles. The Balaban J connectivity index is 1.97. The molecule has 2 aromatic rings. The minimum Gasteiger partial charge on any atom is -0.594 e. The fourth-order valence-electron chi connectivity index (χ4n) is 1.50. The Kier molecular flexibility index (Phi) is 4.64. The molecule has 3 heteroatoms. The lowest BCUT2D eigenvalue weighted by atomic mass is 10.2. The first-order valence-electron chi connectivity index (χ1n) is 5.96. The largest absolute Gasteiger partial charge is 0.594 e. The summed E-state index contributed by atoms with van der Waals surface area (Å²) in [4.78, 5) is 0.534. The van der Waals surface area contributed by atoms with Gasteiger partial charge in [-0.1, -0.05) is 65.5 Å². The monoisotopic (exact) mass is 250 g/mol. The quantitative estimate of drug-likeness (QED) is 0.453. The van der Waals surface area contributed by atoms with Crippen LogP contribution in [0.5, 0.6) is 0 Å². The third-order valence-electron chi connectivity index (χ3n) is 2.44. The Hall–Kier alpha value is -2.68. The van der Waals surface area contributed by atoms with Crippen LogP contribution in [0.2, 0.25) is 0 Å². The van der Waals surface area contributed by atoms with Crippen molar-refractivity contribution in [3.8, 4) is 0 Å². The van der Waals surface area contributed by atoms with Gasteiger partial charge in [0, 0.05) is 11.2 Å². The van der Waals surface area contributed by atoms with Crippen LogP contribution >= 0.6 is 0 Å². The van der Waals surface area contributed by atoms with Crippen LogP contribution in [0.15, 0.2) is 78.2 Å². The summed E-state index contributed by atoms with van der Waals surface area (Å²) in [5.41, 5.74) is 1.97. The first kappa shape index (κ1) is 12.8. The highest BCUT2D eigenvalue weighted by Crippen LogP contribution is 2.02. The summed E-state index contributed by atoms with van der Waals surface area (Å²) in [6.45, 7) is 0. The van der Waals surface area contributed by atoms with E-state index >= 15 is 0 Å². The van der Waals surface area contributed by atoms with Gasteiger partial charge in [0.25, 0.3) is 0 Å². The lowest BCUT2D eigenvalue weighted by molar-refractivity contribution is -0.451. The molecule has 0 aliphatic rings. The lowest BCUT2D eigenvalue weighted by Gasteiger charge is -1.92. The van der Waals surface area contributed by atoms with Crippen LogP contribution in [0.3, 0.4) is 0 Å². The second-order valence-electron chi connectivity index (χ2n) is 3.87. The Labute approximate surface area is 112 Å². The maximum atomic E-state index is 11.4. The molecule has 19 heavy (non-hydrogen) atoms. The van der Waals surface area contributed by atoms with Crippen molar-refractivity contribution in [1.82, 2.24) is 0 Å². The third kappa shape index (κ3) is 4.60. The molecule has 0 fully saturated rings. The van der Waals surface area contributed by atoms with Crippen LogP contribution in [0, 0.1) is 5.21 Å². The van der Waals surface area contributed by atoms with Gasteiger partial charge in [-0.15, -0.1) is 0 Å². The molecule has 0 unspecified atom stereocenters. The van der Waals surface area contributed by atoms with E-state index in [9.17, 15) is 5.21 Å². The molecule has 0 aromatic heterocycles. The molecule has 0 aliphatic heterocycles. The Bertz CT molecular complexity index is 587. The van der Waals surface area contributed by atoms with Gasteiger partial charge in [0.2, 0.25) is 6.20 Å². The second-order valence-corrected chi connectivity index (χ2v) is 3.87. The van der Waals surface area contributed by atoms with Gasteiger partial charge in [0.1, 0.15) is 0 Å². The van der Waals surface area contributed by atoms with E-state index in [1.54, 1.807) is 12.2 Å². The van der Waals surface area contributed by atoms with Crippen LogP contribution in [-0.4, -0.2) is 4.86 Å². The summed E-state index contributed by atoms with van der Waals surface area (Å²) in [5.74, 6) is 0. The zero-order valence-electron chi connectivity index (χ0n) is 10.4. The van der Waals surface area contributed by atoms with Gasteiger partial charge < -0.3 is 5.21 Å². The number of nitrogens with zero attached hydrogens (tertiary/aromatic N) is 2. The highest BCUT2D eigenvalue weighted by atomic mass is 16.5. The maximum absolute atomic E-state index is 11.4. The van der Waals surface area contributed by atoms with Gasteiger partial charge in [-0.05, 0) is 17.2 Å². The van der Waals surface area contributed by atoms with Crippen molar-refractivity contribution < 1.29 is 4.86 Å². The minimum absolute atomic E-state index is 0.534. The third-order valence-corrected chi connectivity index (χ3v) is 2.44. The first-order chi connectivity index (χ1) is 9.34. The van der Waals surface area contributed by atoms with Gasteiger partial charge in [-0.2, -0.15) is 0 Å². The SMILES string of the molecule is [O-][N+](C=Cc1ccccc1)=NC=Cc1ccccc1. The molecule has 0 atom stereocenters. The molecule has 0 N–H and O–H groups in total. The number of azo groups is 1. The van der Waals surface area contributed by atoms with Gasteiger partial charge in [0.15, 0.2) is 0 Å². The minimum atomic E-state index is 0.534. The predicted molar refractivity (Wildman–Crippen MR) is 77.0 cm³/mol. The van der Waals surface area contributed by atoms with E-state index in [4.69, 9.17) is 0 Å². The van der Waals surface area contributed by atoms with Crippen molar-refractivity contribution in [3.63, 3.8) is 0 Å². The van der Waals surface area contributed by atoms with Crippen LogP contribution in [0.25, 0.3) is 12.2 Å². The van der Waals surface area contributed by atoms with Crippen molar-refractivity contribution in [3.05, 3.63) is 89.4 Å². The van der Waals surface area contributed by atoms with E-state index in [1.807, 2.05) is 60.7 Å². The van der Waals surface area contributed by atoms with Crippen molar-refractivity contribution in [2.75, 3.05) is 0 Å². The first-order valence-corrected chi connectivity index (χ1v) is 5.96. The molecule has 0 heterocycles. The zero-order chi connectivity index (χ0) is 13.3. The second kappa shape index (κ2) is 6.91. The number of hydrogen-bond acceptors (Lipinski definition) is 2. The average molecular weight is 250 g/mol. The fourth-order valence-corrected chi connectivity index (χ4v) is 1.50. The lowest BCUT2D eigenvalue weighted by Crippen LogP contribution is -1.85. The summed E-state index contributed by atoms with van der Waals surface area (Å²) in [7, 11) is 0. The zero-order valence-corrected chi connectivity index (χ0v) is 10.4. The van der Waals surface area contributed by atoms with Gasteiger partial charge in [-0.25, -0.2) is 0 Å². The van der Waals surface area contributed by atoms with Crippen LogP contribution < -0.4 is 0 Å². The molecule has 0 radical (unpaired) electrons. The van der Waals surface area contributed by atoms with Crippen molar-refractivity contribution in [2.24, 2.45) is 5.11 Å². The molecule has 0 aliphatic carbocycles. The molecular weight excluding hydrogens is 236 g/mol. The number of rotatable bonds is 4. The standard InChI is InChI=1S/C16H14N2O/c19-18(14-12-16-9-5-2-6-10-16)17-13-11-15-7-3-1-4-8-15/h1-14H. The van der Waals surface area contributed by atoms with E-state index < -0.39 is 0 Å².